The quantitative estimate of drug-likeness (QED) is 0.605. The molecule has 0 unspecified atom stereocenters. The highest BCUT2D eigenvalue weighted by atomic mass is 16.6. The number of aryl methyl sites for hydroxylation is 1. The Kier molecular flexibility index (Phi) is 4.88. The number of benzene rings is 2. The fourth-order valence-corrected chi connectivity index (χ4v) is 4.91. The number of H-pyrrole nitrogens is 1. The van der Waals surface area contributed by atoms with Gasteiger partial charge >= 0.3 is 11.9 Å². The van der Waals surface area contributed by atoms with Crippen LogP contribution in [0, 0.1) is 6.92 Å². The van der Waals surface area contributed by atoms with Crippen molar-refractivity contribution in [2.24, 2.45) is 0 Å². The van der Waals surface area contributed by atoms with Gasteiger partial charge in [-0.25, -0.2) is 4.79 Å². The zero-order valence-electron chi connectivity index (χ0n) is 18.5. The lowest BCUT2D eigenvalue weighted by Gasteiger charge is -2.39. The lowest BCUT2D eigenvalue weighted by Crippen LogP contribution is -2.58. The van der Waals surface area contributed by atoms with Gasteiger partial charge in [-0.15, -0.1) is 0 Å². The summed E-state index contributed by atoms with van der Waals surface area (Å²) < 4.78 is 22.4. The van der Waals surface area contributed by atoms with Gasteiger partial charge in [-0.3, -0.25) is 9.59 Å². The molecule has 3 heterocycles. The maximum absolute atomic E-state index is 13.5. The number of fused-ring (bicyclic) bond motifs is 2. The minimum absolute atomic E-state index is 0.138. The maximum atomic E-state index is 13.5. The van der Waals surface area contributed by atoms with Gasteiger partial charge < -0.3 is 23.9 Å². The molecule has 33 heavy (non-hydrogen) atoms. The molecule has 1 aromatic heterocycles. The Balaban J connectivity index is 1.79. The average molecular weight is 449 g/mol. The fraction of sp³-hybridized carbons (Fsp3) is 0.320. The molecule has 1 fully saturated rings. The first-order valence-corrected chi connectivity index (χ1v) is 10.7. The molecule has 0 radical (unpaired) electrons. The number of aromatic amines is 1. The highest BCUT2D eigenvalue weighted by Gasteiger charge is 2.58. The summed E-state index contributed by atoms with van der Waals surface area (Å²) >= 11 is 0. The molecule has 0 bridgehead atoms. The second-order valence-corrected chi connectivity index (χ2v) is 8.32. The summed E-state index contributed by atoms with van der Waals surface area (Å²) in [6.45, 7) is 1.89. The molecule has 2 aliphatic rings. The highest BCUT2D eigenvalue weighted by Crippen LogP contribution is 2.50. The van der Waals surface area contributed by atoms with Gasteiger partial charge in [0.1, 0.15) is 17.1 Å². The molecule has 0 spiro atoms. The van der Waals surface area contributed by atoms with Crippen molar-refractivity contribution in [1.29, 1.82) is 0 Å². The summed E-state index contributed by atoms with van der Waals surface area (Å²) in [5, 5.41) is 0.988. The van der Waals surface area contributed by atoms with Gasteiger partial charge in [-0.2, -0.15) is 0 Å². The second-order valence-electron chi connectivity index (χ2n) is 8.32. The van der Waals surface area contributed by atoms with Gasteiger partial charge in [0.05, 0.1) is 26.2 Å². The third kappa shape index (κ3) is 3.08. The van der Waals surface area contributed by atoms with E-state index in [0.717, 1.165) is 22.0 Å². The number of methoxy groups -OCH3 is 2. The number of ether oxygens (including phenoxy) is 4. The first-order valence-electron chi connectivity index (χ1n) is 10.7. The van der Waals surface area contributed by atoms with Crippen LogP contribution in [0.4, 0.5) is 0 Å². The van der Waals surface area contributed by atoms with Gasteiger partial charge in [-0.05, 0) is 36.4 Å². The Morgan fingerprint density at radius 3 is 2.70 bits per heavy atom. The monoisotopic (exact) mass is 449 g/mol. The molecular weight excluding hydrogens is 426 g/mol. The molecule has 2 aliphatic heterocycles. The number of para-hydroxylation sites is 1. The Bertz CT molecular complexity index is 1310. The first kappa shape index (κ1) is 21.1. The molecule has 2 atom stereocenters. The summed E-state index contributed by atoms with van der Waals surface area (Å²) in [5.74, 6) is -0.967. The number of cyclic esters (lactones) is 1. The molecule has 0 aliphatic carbocycles. The zero-order valence-corrected chi connectivity index (χ0v) is 18.5. The number of carbonyl (C=O) groups excluding carboxylic acids is 3. The Morgan fingerprint density at radius 1 is 1.18 bits per heavy atom. The van der Waals surface area contributed by atoms with Gasteiger partial charge in [-0.1, -0.05) is 18.2 Å². The molecule has 3 aromatic rings. The molecule has 1 N–H and O–H groups in total. The van der Waals surface area contributed by atoms with Crippen LogP contribution >= 0.6 is 0 Å². The topological polar surface area (TPSA) is 104 Å². The van der Waals surface area contributed by atoms with Crippen LogP contribution < -0.4 is 9.47 Å². The van der Waals surface area contributed by atoms with Crippen molar-refractivity contribution in [2.75, 3.05) is 14.2 Å². The van der Waals surface area contributed by atoms with Crippen LogP contribution in [0.5, 0.6) is 11.5 Å². The Labute approximate surface area is 189 Å². The highest BCUT2D eigenvalue weighted by molar-refractivity contribution is 6.10. The minimum atomic E-state index is -1.78. The van der Waals surface area contributed by atoms with E-state index in [1.165, 1.54) is 14.2 Å². The van der Waals surface area contributed by atoms with E-state index in [4.69, 9.17) is 18.9 Å². The smallest absolute Gasteiger partial charge is 0.354 e. The third-order valence-corrected chi connectivity index (χ3v) is 6.44. The lowest BCUT2D eigenvalue weighted by molar-refractivity contribution is -0.175. The third-order valence-electron chi connectivity index (χ3n) is 6.44. The van der Waals surface area contributed by atoms with Crippen LogP contribution in [0.1, 0.15) is 35.2 Å². The van der Waals surface area contributed by atoms with E-state index >= 15 is 0 Å². The van der Waals surface area contributed by atoms with E-state index in [-0.39, 0.29) is 36.4 Å². The lowest BCUT2D eigenvalue weighted by atomic mass is 9.81. The Morgan fingerprint density at radius 2 is 2.00 bits per heavy atom. The van der Waals surface area contributed by atoms with Gasteiger partial charge in [0.25, 0.3) is 0 Å². The molecule has 8 heteroatoms. The number of esters is 2. The average Bonchev–Trinajstić information content (AvgIpc) is 3.46. The van der Waals surface area contributed by atoms with Crippen LogP contribution in [-0.2, 0) is 19.1 Å². The van der Waals surface area contributed by atoms with Crippen LogP contribution in [0.2, 0.25) is 0 Å². The minimum Gasteiger partial charge on any atom is -0.496 e. The number of ketones is 1. The van der Waals surface area contributed by atoms with Gasteiger partial charge in [0.2, 0.25) is 5.60 Å². The van der Waals surface area contributed by atoms with E-state index in [2.05, 4.69) is 4.98 Å². The van der Waals surface area contributed by atoms with Crippen molar-refractivity contribution < 1.29 is 33.3 Å². The predicted molar refractivity (Wildman–Crippen MR) is 118 cm³/mol. The van der Waals surface area contributed by atoms with Crippen molar-refractivity contribution in [1.82, 2.24) is 4.98 Å². The first-order chi connectivity index (χ1) is 15.9. The van der Waals surface area contributed by atoms with E-state index in [0.29, 0.717) is 11.3 Å². The number of carbonyl (C=O) groups is 3. The molecule has 170 valence electrons. The standard InChI is InChI=1S/C25H23NO7/c1-13-11-17(30-2)21-16(27)12-25(24(29)31-3,18-7-8-19(28)32-18)33-23(21)20(13)15-6-4-5-14-9-10-26-22(14)15/h4-6,9-11,18,26H,7-8,12H2,1-3H3/t18-,25-/m1/s1. The van der Waals surface area contributed by atoms with Crippen molar-refractivity contribution in [3.05, 3.63) is 47.7 Å². The van der Waals surface area contributed by atoms with Gasteiger partial charge in [0.15, 0.2) is 11.9 Å². The van der Waals surface area contributed by atoms with Crippen molar-refractivity contribution >= 4 is 28.6 Å². The van der Waals surface area contributed by atoms with Gasteiger partial charge in [0, 0.05) is 23.7 Å². The fourth-order valence-electron chi connectivity index (χ4n) is 4.91. The van der Waals surface area contributed by atoms with Crippen molar-refractivity contribution in [3.63, 3.8) is 0 Å². The van der Waals surface area contributed by atoms with E-state index < -0.39 is 23.6 Å². The van der Waals surface area contributed by atoms with Crippen LogP contribution in [0.25, 0.3) is 22.0 Å². The Hall–Kier alpha value is -3.81. The molecule has 0 amide bonds. The molecular formula is C25H23NO7. The second kappa shape index (κ2) is 7.65. The normalized spacial score (nSPS) is 22.0. The van der Waals surface area contributed by atoms with Crippen LogP contribution in [0.3, 0.4) is 0 Å². The number of rotatable bonds is 4. The number of hydrogen-bond donors (Lipinski definition) is 1. The maximum Gasteiger partial charge on any atom is 0.354 e. The zero-order chi connectivity index (χ0) is 23.3. The number of nitrogens with one attached hydrogen (secondary N) is 1. The predicted octanol–water partition coefficient (Wildman–Crippen LogP) is 3.73. The number of Topliss-reactive ketones (excluding diaryl/α,β-unsaturated/α-hetero) is 1. The summed E-state index contributed by atoms with van der Waals surface area (Å²) in [7, 11) is 2.70. The molecule has 8 nitrogen and oxygen atoms in total. The van der Waals surface area contributed by atoms with E-state index in [1.807, 2.05) is 37.4 Å². The summed E-state index contributed by atoms with van der Waals surface area (Å²) in [6.07, 6.45) is 0.967. The van der Waals surface area contributed by atoms with Crippen molar-refractivity contribution in [3.8, 4) is 22.6 Å². The number of aromatic nitrogens is 1. The van der Waals surface area contributed by atoms with Crippen LogP contribution in [0.15, 0.2) is 36.5 Å². The SMILES string of the molecule is COC(=O)[C@]1([C@H]2CCC(=O)O2)CC(=O)c2c(OC)cc(C)c(-c3cccc4cc[nH]c34)c2O1. The number of hydrogen-bond acceptors (Lipinski definition) is 7. The van der Waals surface area contributed by atoms with E-state index in [1.54, 1.807) is 6.07 Å². The summed E-state index contributed by atoms with van der Waals surface area (Å²) in [6, 6.07) is 9.55. The summed E-state index contributed by atoms with van der Waals surface area (Å²) in [4.78, 5) is 41.7. The largest absolute Gasteiger partial charge is 0.496 e. The molecule has 1 saturated heterocycles. The van der Waals surface area contributed by atoms with Crippen molar-refractivity contribution in [2.45, 2.75) is 37.9 Å². The molecule has 2 aromatic carbocycles. The summed E-state index contributed by atoms with van der Waals surface area (Å²) in [5.41, 5.74) is 1.61. The van der Waals surface area contributed by atoms with E-state index in [9.17, 15) is 14.4 Å². The van der Waals surface area contributed by atoms with Crippen LogP contribution in [-0.4, -0.2) is 48.6 Å². The molecule has 0 saturated carbocycles. The molecule has 5 rings (SSSR count).